The lowest BCUT2D eigenvalue weighted by Crippen LogP contribution is -2.11. The highest BCUT2D eigenvalue weighted by Gasteiger charge is 2.11. The topological polar surface area (TPSA) is 46.2 Å². The van der Waals surface area contributed by atoms with Crippen LogP contribution in [0.15, 0.2) is 16.6 Å². The molecule has 0 fully saturated rings. The van der Waals surface area contributed by atoms with Crippen molar-refractivity contribution in [2.24, 2.45) is 0 Å². The second-order valence-corrected chi connectivity index (χ2v) is 5.22. The molecule has 0 atom stereocenters. The molecule has 1 aromatic rings. The standard InChI is InChI=1S/C7H6BrF2NO2S/c1-14(12,13)11-7-2-4(8)5(9)3-6(7)10/h2-3,11H,1H3. The Labute approximate surface area is 88.3 Å². The van der Waals surface area contributed by atoms with Crippen LogP contribution in [0, 0.1) is 11.6 Å². The van der Waals surface area contributed by atoms with Gasteiger partial charge in [-0.2, -0.15) is 0 Å². The van der Waals surface area contributed by atoms with E-state index in [-0.39, 0.29) is 10.2 Å². The van der Waals surface area contributed by atoms with Crippen LogP contribution in [-0.4, -0.2) is 14.7 Å². The first-order valence-electron chi connectivity index (χ1n) is 3.42. The molecule has 0 aromatic heterocycles. The molecule has 3 nitrogen and oxygen atoms in total. The fraction of sp³-hybridized carbons (Fsp3) is 0.143. The highest BCUT2D eigenvalue weighted by molar-refractivity contribution is 9.10. The van der Waals surface area contributed by atoms with Gasteiger partial charge in [-0.05, 0) is 22.0 Å². The van der Waals surface area contributed by atoms with Crippen molar-refractivity contribution in [2.45, 2.75) is 0 Å². The van der Waals surface area contributed by atoms with E-state index in [1.807, 2.05) is 4.72 Å². The van der Waals surface area contributed by atoms with E-state index in [2.05, 4.69) is 15.9 Å². The molecule has 0 bridgehead atoms. The predicted molar refractivity (Wildman–Crippen MR) is 52.5 cm³/mol. The fourth-order valence-electron chi connectivity index (χ4n) is 0.801. The van der Waals surface area contributed by atoms with Crippen LogP contribution in [0.3, 0.4) is 0 Å². The molecule has 78 valence electrons. The van der Waals surface area contributed by atoms with Crippen molar-refractivity contribution in [2.75, 3.05) is 11.0 Å². The number of halogens is 3. The number of rotatable bonds is 2. The van der Waals surface area contributed by atoms with Crippen LogP contribution in [0.2, 0.25) is 0 Å². The largest absolute Gasteiger partial charge is 0.281 e. The number of hydrogen-bond acceptors (Lipinski definition) is 2. The van der Waals surface area contributed by atoms with Crippen LogP contribution in [0.25, 0.3) is 0 Å². The lowest BCUT2D eigenvalue weighted by atomic mass is 10.3. The van der Waals surface area contributed by atoms with E-state index in [4.69, 9.17) is 0 Å². The third kappa shape index (κ3) is 2.91. The lowest BCUT2D eigenvalue weighted by Gasteiger charge is -2.05. The van der Waals surface area contributed by atoms with Crippen LogP contribution >= 0.6 is 15.9 Å². The van der Waals surface area contributed by atoms with Crippen molar-refractivity contribution in [1.29, 1.82) is 0 Å². The zero-order chi connectivity index (χ0) is 10.9. The van der Waals surface area contributed by atoms with Gasteiger partial charge in [0, 0.05) is 6.07 Å². The molecule has 1 rings (SSSR count). The van der Waals surface area contributed by atoms with Gasteiger partial charge in [-0.15, -0.1) is 0 Å². The summed E-state index contributed by atoms with van der Waals surface area (Å²) in [6.45, 7) is 0. The van der Waals surface area contributed by atoms with Crippen LogP contribution < -0.4 is 4.72 Å². The summed E-state index contributed by atoms with van der Waals surface area (Å²) in [6.07, 6.45) is 0.879. The molecule has 0 heterocycles. The molecule has 0 saturated heterocycles. The van der Waals surface area contributed by atoms with Crippen molar-refractivity contribution >= 4 is 31.6 Å². The summed E-state index contributed by atoms with van der Waals surface area (Å²) in [6, 6.07) is 1.61. The molecule has 0 amide bonds. The molecule has 7 heteroatoms. The first kappa shape index (κ1) is 11.4. The Morgan fingerprint density at radius 1 is 1.29 bits per heavy atom. The van der Waals surface area contributed by atoms with E-state index in [0.717, 1.165) is 12.3 Å². The normalized spacial score (nSPS) is 11.4. The Morgan fingerprint density at radius 2 is 1.86 bits per heavy atom. The summed E-state index contributed by atoms with van der Waals surface area (Å²) < 4.78 is 49.1. The fourth-order valence-corrected chi connectivity index (χ4v) is 1.70. The minimum Gasteiger partial charge on any atom is -0.281 e. The van der Waals surface area contributed by atoms with Crippen LogP contribution in [0.1, 0.15) is 0 Å². The molecule has 0 aliphatic rings. The Hall–Kier alpha value is -0.690. The van der Waals surface area contributed by atoms with Crippen LogP contribution in [0.4, 0.5) is 14.5 Å². The van der Waals surface area contributed by atoms with Gasteiger partial charge in [0.2, 0.25) is 10.0 Å². The molecule has 0 aliphatic carbocycles. The van der Waals surface area contributed by atoms with E-state index >= 15 is 0 Å². The Balaban J connectivity index is 3.17. The van der Waals surface area contributed by atoms with Gasteiger partial charge in [0.25, 0.3) is 0 Å². The molecule has 0 unspecified atom stereocenters. The lowest BCUT2D eigenvalue weighted by molar-refractivity contribution is 0.579. The molecule has 0 radical (unpaired) electrons. The van der Waals surface area contributed by atoms with E-state index in [9.17, 15) is 17.2 Å². The third-order valence-electron chi connectivity index (χ3n) is 1.31. The van der Waals surface area contributed by atoms with E-state index in [0.29, 0.717) is 6.07 Å². The monoisotopic (exact) mass is 285 g/mol. The molecule has 0 spiro atoms. The van der Waals surface area contributed by atoms with Gasteiger partial charge in [-0.25, -0.2) is 17.2 Å². The van der Waals surface area contributed by atoms with Gasteiger partial charge in [0.15, 0.2) is 0 Å². The van der Waals surface area contributed by atoms with Crippen molar-refractivity contribution < 1.29 is 17.2 Å². The SMILES string of the molecule is CS(=O)(=O)Nc1cc(Br)c(F)cc1F. The van der Waals surface area contributed by atoms with Gasteiger partial charge in [-0.1, -0.05) is 0 Å². The maximum Gasteiger partial charge on any atom is 0.229 e. The number of benzene rings is 1. The molecule has 0 saturated carbocycles. The van der Waals surface area contributed by atoms with Gasteiger partial charge in [0.1, 0.15) is 11.6 Å². The zero-order valence-electron chi connectivity index (χ0n) is 7.01. The van der Waals surface area contributed by atoms with E-state index < -0.39 is 21.7 Å². The molecular formula is C7H6BrF2NO2S. The number of hydrogen-bond donors (Lipinski definition) is 1. The summed E-state index contributed by atoms with van der Waals surface area (Å²) in [5.41, 5.74) is -0.291. The first-order valence-corrected chi connectivity index (χ1v) is 6.10. The Morgan fingerprint density at radius 3 is 2.36 bits per heavy atom. The Kier molecular flexibility index (Phi) is 3.10. The average molecular weight is 286 g/mol. The zero-order valence-corrected chi connectivity index (χ0v) is 9.42. The summed E-state index contributed by atoms with van der Waals surface area (Å²) in [5, 5.41) is 0. The van der Waals surface area contributed by atoms with Crippen molar-refractivity contribution in [3.63, 3.8) is 0 Å². The second kappa shape index (κ2) is 3.82. The Bertz CT molecular complexity index is 461. The van der Waals surface area contributed by atoms with E-state index in [1.165, 1.54) is 0 Å². The van der Waals surface area contributed by atoms with Crippen LogP contribution in [-0.2, 0) is 10.0 Å². The molecule has 1 N–H and O–H groups in total. The summed E-state index contributed by atoms with van der Waals surface area (Å²) >= 11 is 2.81. The summed E-state index contributed by atoms with van der Waals surface area (Å²) in [5.74, 6) is -1.75. The van der Waals surface area contributed by atoms with Crippen molar-refractivity contribution in [3.05, 3.63) is 28.2 Å². The smallest absolute Gasteiger partial charge is 0.229 e. The maximum absolute atomic E-state index is 13.0. The molecular weight excluding hydrogens is 280 g/mol. The minimum absolute atomic E-state index is 0.00921. The van der Waals surface area contributed by atoms with Gasteiger partial charge in [0.05, 0.1) is 16.4 Å². The van der Waals surface area contributed by atoms with Gasteiger partial charge < -0.3 is 0 Å². The third-order valence-corrected chi connectivity index (χ3v) is 2.50. The predicted octanol–water partition coefficient (Wildman–Crippen LogP) is 2.10. The first-order chi connectivity index (χ1) is 6.29. The highest BCUT2D eigenvalue weighted by atomic mass is 79.9. The van der Waals surface area contributed by atoms with Gasteiger partial charge in [-0.3, -0.25) is 4.72 Å². The number of sulfonamides is 1. The number of nitrogens with one attached hydrogen (secondary N) is 1. The molecule has 14 heavy (non-hydrogen) atoms. The van der Waals surface area contributed by atoms with E-state index in [1.54, 1.807) is 0 Å². The molecule has 1 aromatic carbocycles. The van der Waals surface area contributed by atoms with Gasteiger partial charge >= 0.3 is 0 Å². The van der Waals surface area contributed by atoms with Crippen molar-refractivity contribution in [1.82, 2.24) is 0 Å². The second-order valence-electron chi connectivity index (χ2n) is 2.62. The summed E-state index contributed by atoms with van der Waals surface area (Å²) in [4.78, 5) is 0. The summed E-state index contributed by atoms with van der Waals surface area (Å²) in [7, 11) is -3.56. The highest BCUT2D eigenvalue weighted by Crippen LogP contribution is 2.24. The van der Waals surface area contributed by atoms with Crippen molar-refractivity contribution in [3.8, 4) is 0 Å². The average Bonchev–Trinajstić information content (AvgIpc) is 1.97. The maximum atomic E-state index is 13.0. The minimum atomic E-state index is -3.56. The van der Waals surface area contributed by atoms with Crippen LogP contribution in [0.5, 0.6) is 0 Å². The molecule has 0 aliphatic heterocycles. The number of anilines is 1. The quantitative estimate of drug-likeness (QED) is 0.846.